The van der Waals surface area contributed by atoms with Gasteiger partial charge in [0.15, 0.2) is 0 Å². The fraction of sp³-hybridized carbons (Fsp3) is 0.143. The highest BCUT2D eigenvalue weighted by atomic mass is 19.3. The molecule has 0 saturated heterocycles. The van der Waals surface area contributed by atoms with Gasteiger partial charge in [0, 0.05) is 11.1 Å². The maximum absolute atomic E-state index is 12.5. The molecule has 0 saturated carbocycles. The van der Waals surface area contributed by atoms with E-state index >= 15 is 0 Å². The van der Waals surface area contributed by atoms with Crippen LogP contribution in [0, 0.1) is 0 Å². The molecular formula is C7H7F2N. The normalized spacial score (nSPS) is 17.0. The number of fused-ring (bicyclic) bond motifs is 2. The number of benzene rings is 1. The van der Waals surface area contributed by atoms with Crippen molar-refractivity contribution < 1.29 is 8.78 Å². The highest BCUT2D eigenvalue weighted by Crippen LogP contribution is 2.43. The molecule has 3 rings (SSSR count). The van der Waals surface area contributed by atoms with Crippen molar-refractivity contribution in [2.24, 2.45) is 0 Å². The van der Waals surface area contributed by atoms with Crippen molar-refractivity contribution in [3.05, 3.63) is 35.4 Å². The first-order chi connectivity index (χ1) is 4.21. The van der Waals surface area contributed by atoms with Gasteiger partial charge in [-0.3, -0.25) is 0 Å². The summed E-state index contributed by atoms with van der Waals surface area (Å²) in [5.41, 5.74) is 0.278. The van der Waals surface area contributed by atoms with Gasteiger partial charge in [-0.25, -0.2) is 0 Å². The van der Waals surface area contributed by atoms with Gasteiger partial charge in [0.05, 0.1) is 0 Å². The minimum atomic E-state index is -2.63. The van der Waals surface area contributed by atoms with E-state index < -0.39 is 5.92 Å². The van der Waals surface area contributed by atoms with Gasteiger partial charge in [-0.2, -0.15) is 8.78 Å². The zero-order valence-electron chi connectivity index (χ0n) is 5.27. The van der Waals surface area contributed by atoms with E-state index in [0.29, 0.717) is 0 Å². The fourth-order valence-corrected chi connectivity index (χ4v) is 0.999. The molecule has 0 fully saturated rings. The summed E-state index contributed by atoms with van der Waals surface area (Å²) in [5, 5.41) is 0. The van der Waals surface area contributed by atoms with E-state index in [4.69, 9.17) is 0 Å². The van der Waals surface area contributed by atoms with Gasteiger partial charge in [-0.15, -0.1) is 0 Å². The summed E-state index contributed by atoms with van der Waals surface area (Å²) in [6.45, 7) is 0. The Bertz CT molecular complexity index is 229. The summed E-state index contributed by atoms with van der Waals surface area (Å²) >= 11 is 0. The van der Waals surface area contributed by atoms with Crippen LogP contribution in [-0.2, 0) is 5.92 Å². The Hall–Kier alpha value is -0.960. The molecule has 54 valence electrons. The summed E-state index contributed by atoms with van der Waals surface area (Å²) in [6, 6.07) is 6.02. The van der Waals surface area contributed by atoms with Crippen molar-refractivity contribution in [3.63, 3.8) is 0 Å². The first kappa shape index (κ1) is 7.15. The van der Waals surface area contributed by atoms with Crippen LogP contribution in [0.4, 0.5) is 8.78 Å². The monoisotopic (exact) mass is 143 g/mol. The Kier molecular flexibility index (Phi) is 1.26. The third-order valence-corrected chi connectivity index (χ3v) is 1.59. The maximum Gasteiger partial charge on any atom is 0.298 e. The largest absolute Gasteiger partial charge is 0.344 e. The molecule has 10 heavy (non-hydrogen) atoms. The second-order valence-electron chi connectivity index (χ2n) is 2.16. The molecule has 1 nitrogen and oxygen atoms in total. The molecule has 2 aliphatic rings. The lowest BCUT2D eigenvalue weighted by atomic mass is 9.89. The number of hydrogen-bond donors (Lipinski definition) is 1. The smallest absolute Gasteiger partial charge is 0.298 e. The van der Waals surface area contributed by atoms with Gasteiger partial charge in [-0.05, 0) is 6.07 Å². The van der Waals surface area contributed by atoms with Gasteiger partial charge in [0.2, 0.25) is 0 Å². The molecule has 0 aliphatic heterocycles. The molecule has 0 heterocycles. The van der Waals surface area contributed by atoms with Crippen LogP contribution in [0.5, 0.6) is 0 Å². The van der Waals surface area contributed by atoms with Crippen molar-refractivity contribution in [3.8, 4) is 0 Å². The van der Waals surface area contributed by atoms with Gasteiger partial charge >= 0.3 is 0 Å². The predicted molar refractivity (Wildman–Crippen MR) is 34.5 cm³/mol. The van der Waals surface area contributed by atoms with Crippen molar-refractivity contribution in [1.29, 1.82) is 0 Å². The number of hydrogen-bond acceptors (Lipinski definition) is 1. The Balaban J connectivity index is 0.000000500. The minimum Gasteiger partial charge on any atom is -0.344 e. The summed E-state index contributed by atoms with van der Waals surface area (Å²) in [4.78, 5) is 0. The van der Waals surface area contributed by atoms with E-state index in [2.05, 4.69) is 0 Å². The van der Waals surface area contributed by atoms with Crippen molar-refractivity contribution >= 4 is 0 Å². The molecule has 0 amide bonds. The topological polar surface area (TPSA) is 35.0 Å². The van der Waals surface area contributed by atoms with Crippen molar-refractivity contribution in [2.45, 2.75) is 5.92 Å². The lowest BCUT2D eigenvalue weighted by Crippen LogP contribution is -2.23. The van der Waals surface area contributed by atoms with E-state index in [1.807, 2.05) is 0 Å². The second kappa shape index (κ2) is 1.76. The molecule has 0 radical (unpaired) electrons. The summed E-state index contributed by atoms with van der Waals surface area (Å²) < 4.78 is 24.9. The summed E-state index contributed by atoms with van der Waals surface area (Å²) in [5.74, 6) is -2.63. The van der Waals surface area contributed by atoms with Crippen LogP contribution in [0.1, 0.15) is 11.1 Å². The van der Waals surface area contributed by atoms with Crippen molar-refractivity contribution in [2.75, 3.05) is 0 Å². The Morgan fingerprint density at radius 3 is 1.80 bits per heavy atom. The van der Waals surface area contributed by atoms with Crippen LogP contribution >= 0.6 is 0 Å². The van der Waals surface area contributed by atoms with E-state index in [-0.39, 0.29) is 17.3 Å². The van der Waals surface area contributed by atoms with Crippen molar-refractivity contribution in [1.82, 2.24) is 6.15 Å². The SMILES string of the molecule is FC1(F)c2cccc1c2.N. The predicted octanol–water partition coefficient (Wildman–Crippen LogP) is 2.30. The van der Waals surface area contributed by atoms with Crippen LogP contribution in [0.15, 0.2) is 24.3 Å². The number of halogens is 2. The van der Waals surface area contributed by atoms with Gasteiger partial charge in [0.1, 0.15) is 0 Å². The van der Waals surface area contributed by atoms with Gasteiger partial charge in [0.25, 0.3) is 5.92 Å². The average molecular weight is 143 g/mol. The first-order valence-electron chi connectivity index (χ1n) is 2.70. The minimum absolute atomic E-state index is 0. The average Bonchev–Trinajstić information content (AvgIpc) is 1.89. The van der Waals surface area contributed by atoms with E-state index in [1.54, 1.807) is 6.07 Å². The Morgan fingerprint density at radius 2 is 1.60 bits per heavy atom. The molecule has 1 aromatic carbocycles. The van der Waals surface area contributed by atoms with Crippen LogP contribution < -0.4 is 6.15 Å². The molecule has 0 atom stereocenters. The number of rotatable bonds is 0. The third-order valence-electron chi connectivity index (χ3n) is 1.59. The zero-order chi connectivity index (χ0) is 6.48. The van der Waals surface area contributed by atoms with E-state index in [1.165, 1.54) is 18.2 Å². The maximum atomic E-state index is 12.5. The summed E-state index contributed by atoms with van der Waals surface area (Å²) in [6.07, 6.45) is 0. The molecule has 0 unspecified atom stereocenters. The Morgan fingerprint density at radius 1 is 1.10 bits per heavy atom. The van der Waals surface area contributed by atoms with E-state index in [9.17, 15) is 8.78 Å². The highest BCUT2D eigenvalue weighted by Gasteiger charge is 2.41. The van der Waals surface area contributed by atoms with Crippen LogP contribution in [0.2, 0.25) is 0 Å². The highest BCUT2D eigenvalue weighted by molar-refractivity contribution is 5.44. The second-order valence-corrected chi connectivity index (χ2v) is 2.16. The molecular weight excluding hydrogens is 136 g/mol. The number of alkyl halides is 2. The molecule has 0 spiro atoms. The van der Waals surface area contributed by atoms with Crippen LogP contribution in [-0.4, -0.2) is 0 Å². The zero-order valence-corrected chi connectivity index (χ0v) is 5.27. The molecule has 3 heteroatoms. The fourth-order valence-electron chi connectivity index (χ4n) is 0.999. The quantitative estimate of drug-likeness (QED) is 0.594. The molecule has 1 aromatic rings. The lowest BCUT2D eigenvalue weighted by Gasteiger charge is -2.25. The molecule has 2 aliphatic carbocycles. The van der Waals surface area contributed by atoms with E-state index in [0.717, 1.165) is 0 Å². The third kappa shape index (κ3) is 0.580. The standard InChI is InChI=1S/C7H4F2.H3N/c8-7(9)5-2-1-3-6(7)4-5;/h1-4H;1H3. The Labute approximate surface area is 57.3 Å². The van der Waals surface area contributed by atoms with Crippen LogP contribution in [0.3, 0.4) is 0 Å². The summed E-state index contributed by atoms with van der Waals surface area (Å²) in [7, 11) is 0. The van der Waals surface area contributed by atoms with Gasteiger partial charge < -0.3 is 6.15 Å². The van der Waals surface area contributed by atoms with Crippen LogP contribution in [0.25, 0.3) is 0 Å². The molecule has 3 N–H and O–H groups in total. The molecule has 2 bridgehead atoms. The lowest BCUT2D eigenvalue weighted by molar-refractivity contribution is 0.0276. The first-order valence-corrected chi connectivity index (χ1v) is 2.70. The van der Waals surface area contributed by atoms with Gasteiger partial charge in [-0.1, -0.05) is 18.2 Å². The molecule has 0 aromatic heterocycles.